The molecule has 5 N–H and O–H groups in total. The molecule has 2 amide bonds. The van der Waals surface area contributed by atoms with E-state index in [4.69, 9.17) is 11.5 Å². The fraction of sp³-hybridized carbons (Fsp3) is 0.444. The quantitative estimate of drug-likeness (QED) is 0.164. The van der Waals surface area contributed by atoms with Gasteiger partial charge in [-0.2, -0.15) is 0 Å². The van der Waals surface area contributed by atoms with Crippen molar-refractivity contribution in [1.29, 1.82) is 0 Å². The zero-order valence-corrected chi connectivity index (χ0v) is 8.69. The summed E-state index contributed by atoms with van der Waals surface area (Å²) >= 11 is 0. The molecule has 0 saturated carbocycles. The van der Waals surface area contributed by atoms with Crippen LogP contribution in [-0.2, 0) is 9.59 Å². The summed E-state index contributed by atoms with van der Waals surface area (Å²) in [7, 11) is 0. The molecular formula is C9H16N4O2. The molecule has 6 heteroatoms. The molecule has 0 aliphatic heterocycles. The Kier molecular flexibility index (Phi) is 5.77. The van der Waals surface area contributed by atoms with Gasteiger partial charge in [-0.15, -0.1) is 0 Å². The Morgan fingerprint density at radius 1 is 1.60 bits per heavy atom. The third-order valence-electron chi connectivity index (χ3n) is 1.76. The number of amidine groups is 1. The Balaban J connectivity index is 4.16. The maximum absolute atomic E-state index is 10.7. The molecule has 1 atom stereocenters. The summed E-state index contributed by atoms with van der Waals surface area (Å²) in [4.78, 5) is 24.7. The van der Waals surface area contributed by atoms with Gasteiger partial charge in [-0.25, -0.2) is 0 Å². The second-order valence-electron chi connectivity index (χ2n) is 3.07. The Labute approximate surface area is 88.4 Å². The number of rotatable bonds is 7. The second-order valence-corrected chi connectivity index (χ2v) is 3.07. The Bertz CT molecular complexity index is 286. The zero-order chi connectivity index (χ0) is 11.8. The van der Waals surface area contributed by atoms with E-state index in [1.807, 2.05) is 6.92 Å². The van der Waals surface area contributed by atoms with Crippen LogP contribution >= 0.6 is 0 Å². The van der Waals surface area contributed by atoms with Crippen LogP contribution in [-0.4, -0.2) is 30.7 Å². The minimum absolute atomic E-state index is 0.00481. The summed E-state index contributed by atoms with van der Waals surface area (Å²) in [6.07, 6.45) is 1.24. The van der Waals surface area contributed by atoms with Crippen LogP contribution in [0.3, 0.4) is 0 Å². The number of amides is 2. The molecule has 15 heavy (non-hydrogen) atoms. The highest BCUT2D eigenvalue weighted by molar-refractivity contribution is 6.19. The monoisotopic (exact) mass is 212 g/mol. The lowest BCUT2D eigenvalue weighted by atomic mass is 10.2. The predicted octanol–water partition coefficient (Wildman–Crippen LogP) is -1.09. The van der Waals surface area contributed by atoms with Crippen molar-refractivity contribution in [1.82, 2.24) is 5.32 Å². The van der Waals surface area contributed by atoms with E-state index in [0.717, 1.165) is 0 Å². The van der Waals surface area contributed by atoms with Crippen molar-refractivity contribution in [3.63, 3.8) is 0 Å². The van der Waals surface area contributed by atoms with Crippen molar-refractivity contribution in [2.24, 2.45) is 16.5 Å². The largest absolute Gasteiger partial charge is 0.383 e. The van der Waals surface area contributed by atoms with Crippen LogP contribution in [0.4, 0.5) is 0 Å². The first-order valence-electron chi connectivity index (χ1n) is 4.48. The van der Waals surface area contributed by atoms with Gasteiger partial charge >= 0.3 is 0 Å². The number of carbonyl (C=O) groups excluding carboxylic acids is 2. The molecule has 0 aromatic heterocycles. The maximum atomic E-state index is 10.7. The van der Waals surface area contributed by atoms with Crippen LogP contribution in [0.5, 0.6) is 0 Å². The van der Waals surface area contributed by atoms with Crippen LogP contribution in [0.25, 0.3) is 0 Å². The van der Waals surface area contributed by atoms with Gasteiger partial charge in [-0.3, -0.25) is 14.6 Å². The van der Waals surface area contributed by atoms with Crippen LogP contribution in [0.15, 0.2) is 17.1 Å². The first-order chi connectivity index (χ1) is 6.99. The van der Waals surface area contributed by atoms with Crippen molar-refractivity contribution in [2.45, 2.75) is 19.4 Å². The van der Waals surface area contributed by atoms with E-state index in [1.54, 1.807) is 0 Å². The van der Waals surface area contributed by atoms with E-state index in [2.05, 4.69) is 16.9 Å². The number of hydrogen-bond acceptors (Lipinski definition) is 3. The van der Waals surface area contributed by atoms with Gasteiger partial charge in [0.1, 0.15) is 5.84 Å². The summed E-state index contributed by atoms with van der Waals surface area (Å²) in [5, 5.41) is 2.50. The molecule has 0 fully saturated rings. The SMILES string of the molecule is C=C(C(N)=O)/C(N)=N\C(C)CCNC=O. The fourth-order valence-corrected chi connectivity index (χ4v) is 0.857. The Morgan fingerprint density at radius 3 is 2.67 bits per heavy atom. The summed E-state index contributed by atoms with van der Waals surface area (Å²) < 4.78 is 0. The first kappa shape index (κ1) is 13.2. The second kappa shape index (κ2) is 6.58. The number of carbonyl (C=O) groups is 2. The third-order valence-corrected chi connectivity index (χ3v) is 1.76. The minimum Gasteiger partial charge on any atom is -0.383 e. The average Bonchev–Trinajstić information content (AvgIpc) is 2.16. The molecule has 6 nitrogen and oxygen atoms in total. The van der Waals surface area contributed by atoms with Crippen molar-refractivity contribution in [3.8, 4) is 0 Å². The molecule has 0 saturated heterocycles. The number of aliphatic imine (C=N–C) groups is 1. The highest BCUT2D eigenvalue weighted by Crippen LogP contribution is 1.98. The van der Waals surface area contributed by atoms with Gasteiger partial charge < -0.3 is 16.8 Å². The summed E-state index contributed by atoms with van der Waals surface area (Å²) in [5.41, 5.74) is 10.5. The Morgan fingerprint density at radius 2 is 2.20 bits per heavy atom. The highest BCUT2D eigenvalue weighted by Gasteiger charge is 2.07. The number of hydrogen-bond donors (Lipinski definition) is 3. The molecular weight excluding hydrogens is 196 g/mol. The summed E-state index contributed by atoms with van der Waals surface area (Å²) in [6.45, 7) is 5.72. The van der Waals surface area contributed by atoms with Crippen molar-refractivity contribution >= 4 is 18.2 Å². The van der Waals surface area contributed by atoms with E-state index in [0.29, 0.717) is 19.4 Å². The third kappa shape index (κ3) is 5.45. The van der Waals surface area contributed by atoms with E-state index in [-0.39, 0.29) is 17.5 Å². The van der Waals surface area contributed by atoms with Gasteiger partial charge in [0.25, 0.3) is 5.91 Å². The lowest BCUT2D eigenvalue weighted by molar-refractivity contribution is -0.114. The van der Waals surface area contributed by atoms with Crippen LogP contribution in [0, 0.1) is 0 Å². The van der Waals surface area contributed by atoms with Crippen molar-refractivity contribution in [3.05, 3.63) is 12.2 Å². The smallest absolute Gasteiger partial charge is 0.251 e. The van der Waals surface area contributed by atoms with E-state index >= 15 is 0 Å². The van der Waals surface area contributed by atoms with Gasteiger partial charge in [-0.1, -0.05) is 6.58 Å². The zero-order valence-electron chi connectivity index (χ0n) is 8.69. The Hall–Kier alpha value is -1.85. The lowest BCUT2D eigenvalue weighted by Crippen LogP contribution is -2.27. The molecule has 1 unspecified atom stereocenters. The molecule has 0 aliphatic carbocycles. The first-order valence-corrected chi connectivity index (χ1v) is 4.48. The number of nitrogens with two attached hydrogens (primary N) is 2. The van der Waals surface area contributed by atoms with Gasteiger partial charge in [0.05, 0.1) is 11.6 Å². The molecule has 0 spiro atoms. The standard InChI is InChI=1S/C9H16N4O2/c1-6(3-4-12-5-14)13-8(10)7(2)9(11)15/h5-6H,2-4H2,1H3,(H2,10,13)(H2,11,15)(H,12,14). The molecule has 0 aliphatic rings. The number of nitrogens with zero attached hydrogens (tertiary/aromatic N) is 1. The van der Waals surface area contributed by atoms with Gasteiger partial charge in [0.2, 0.25) is 6.41 Å². The van der Waals surface area contributed by atoms with Gasteiger partial charge in [0, 0.05) is 6.54 Å². The summed E-state index contributed by atoms with van der Waals surface area (Å²) in [5.74, 6) is -0.643. The number of nitrogens with one attached hydrogen (secondary N) is 1. The highest BCUT2D eigenvalue weighted by atomic mass is 16.1. The molecule has 0 aromatic rings. The number of primary amides is 1. The van der Waals surface area contributed by atoms with E-state index in [9.17, 15) is 9.59 Å². The van der Waals surface area contributed by atoms with Gasteiger partial charge in [-0.05, 0) is 13.3 Å². The van der Waals surface area contributed by atoms with Crippen LogP contribution < -0.4 is 16.8 Å². The van der Waals surface area contributed by atoms with Crippen molar-refractivity contribution < 1.29 is 9.59 Å². The molecule has 84 valence electrons. The average molecular weight is 212 g/mol. The van der Waals surface area contributed by atoms with E-state index < -0.39 is 5.91 Å². The van der Waals surface area contributed by atoms with Crippen LogP contribution in [0.1, 0.15) is 13.3 Å². The molecule has 0 bridgehead atoms. The molecule has 0 radical (unpaired) electrons. The molecule has 0 rings (SSSR count). The normalized spacial score (nSPS) is 13.0. The predicted molar refractivity (Wildman–Crippen MR) is 58.1 cm³/mol. The summed E-state index contributed by atoms with van der Waals surface area (Å²) in [6, 6.07) is -0.103. The molecule has 0 heterocycles. The topological polar surface area (TPSA) is 111 Å². The fourth-order valence-electron chi connectivity index (χ4n) is 0.857. The van der Waals surface area contributed by atoms with Crippen molar-refractivity contribution in [2.75, 3.05) is 6.54 Å². The lowest BCUT2D eigenvalue weighted by Gasteiger charge is -2.07. The molecule has 0 aromatic carbocycles. The maximum Gasteiger partial charge on any atom is 0.251 e. The van der Waals surface area contributed by atoms with Crippen LogP contribution in [0.2, 0.25) is 0 Å². The van der Waals surface area contributed by atoms with Gasteiger partial charge in [0.15, 0.2) is 0 Å². The van der Waals surface area contributed by atoms with E-state index in [1.165, 1.54) is 0 Å². The minimum atomic E-state index is -0.686.